The van der Waals surface area contributed by atoms with Crippen LogP contribution in [0.2, 0.25) is 5.02 Å². The first-order valence-corrected chi connectivity index (χ1v) is 6.93. The summed E-state index contributed by atoms with van der Waals surface area (Å²) in [7, 11) is 0. The van der Waals surface area contributed by atoms with E-state index in [-0.39, 0.29) is 12.5 Å². The van der Waals surface area contributed by atoms with Crippen molar-refractivity contribution >= 4 is 23.3 Å². The average molecular weight is 305 g/mol. The molecule has 0 aliphatic carbocycles. The average Bonchev–Trinajstić information content (AvgIpc) is 2.35. The van der Waals surface area contributed by atoms with Crippen molar-refractivity contribution in [2.24, 2.45) is 0 Å². The van der Waals surface area contributed by atoms with Crippen molar-refractivity contribution in [1.82, 2.24) is 5.32 Å². The number of hydrogen-bond acceptors (Lipinski definition) is 1. The van der Waals surface area contributed by atoms with Gasteiger partial charge in [0.25, 0.3) is 0 Å². The molecule has 0 unspecified atom stereocenters. The second kappa shape index (κ2) is 8.04. The van der Waals surface area contributed by atoms with Crippen molar-refractivity contribution in [1.29, 1.82) is 0 Å². The van der Waals surface area contributed by atoms with Crippen LogP contribution in [0.1, 0.15) is 32.6 Å². The molecule has 1 rings (SSSR count). The van der Waals surface area contributed by atoms with Gasteiger partial charge in [-0.1, -0.05) is 30.2 Å². The highest BCUT2D eigenvalue weighted by molar-refractivity contribution is 6.33. The third kappa shape index (κ3) is 7.28. The SMILES string of the molecule is CC(F)(F)CCCCCNC(=O)Nc1ccccc1Cl. The normalized spacial score (nSPS) is 11.2. The molecule has 0 radical (unpaired) electrons. The van der Waals surface area contributed by atoms with Gasteiger partial charge in [0.2, 0.25) is 5.92 Å². The molecule has 0 saturated carbocycles. The predicted molar refractivity (Wildman–Crippen MR) is 77.6 cm³/mol. The highest BCUT2D eigenvalue weighted by atomic mass is 35.5. The van der Waals surface area contributed by atoms with Crippen LogP contribution in [0.25, 0.3) is 0 Å². The number of unbranched alkanes of at least 4 members (excludes halogenated alkanes) is 2. The van der Waals surface area contributed by atoms with E-state index in [1.165, 1.54) is 0 Å². The molecule has 112 valence electrons. The number of rotatable bonds is 7. The first kappa shape index (κ1) is 16.7. The quantitative estimate of drug-likeness (QED) is 0.706. The van der Waals surface area contributed by atoms with E-state index in [1.54, 1.807) is 24.3 Å². The van der Waals surface area contributed by atoms with Crippen LogP contribution < -0.4 is 10.6 Å². The topological polar surface area (TPSA) is 41.1 Å². The smallest absolute Gasteiger partial charge is 0.319 e. The van der Waals surface area contributed by atoms with Crippen molar-refractivity contribution in [3.8, 4) is 0 Å². The van der Waals surface area contributed by atoms with Crippen LogP contribution >= 0.6 is 11.6 Å². The zero-order chi connectivity index (χ0) is 15.0. The minimum absolute atomic E-state index is 0.112. The van der Waals surface area contributed by atoms with Gasteiger partial charge in [-0.3, -0.25) is 0 Å². The van der Waals surface area contributed by atoms with E-state index < -0.39 is 5.92 Å². The lowest BCUT2D eigenvalue weighted by atomic mass is 10.1. The summed E-state index contributed by atoms with van der Waals surface area (Å²) < 4.78 is 25.1. The number of urea groups is 1. The molecule has 0 saturated heterocycles. The molecule has 2 amide bonds. The highest BCUT2D eigenvalue weighted by Gasteiger charge is 2.19. The molecule has 20 heavy (non-hydrogen) atoms. The summed E-state index contributed by atoms with van der Waals surface area (Å²) in [5.41, 5.74) is 0.539. The first-order valence-electron chi connectivity index (χ1n) is 6.56. The van der Waals surface area contributed by atoms with Gasteiger partial charge in [-0.25, -0.2) is 13.6 Å². The zero-order valence-electron chi connectivity index (χ0n) is 11.4. The monoisotopic (exact) mass is 304 g/mol. The molecule has 0 aliphatic heterocycles. The summed E-state index contributed by atoms with van der Waals surface area (Å²) in [6.45, 7) is 1.37. The number of carbonyl (C=O) groups excluding carboxylic acids is 1. The number of para-hydroxylation sites is 1. The predicted octanol–water partition coefficient (Wildman–Crippen LogP) is 4.68. The Bertz CT molecular complexity index is 435. The molecule has 0 atom stereocenters. The Hall–Kier alpha value is -1.36. The van der Waals surface area contributed by atoms with E-state index in [0.29, 0.717) is 36.5 Å². The summed E-state index contributed by atoms with van der Waals surface area (Å²) in [6.07, 6.45) is 1.68. The fraction of sp³-hybridized carbons (Fsp3) is 0.500. The van der Waals surface area contributed by atoms with Crippen molar-refractivity contribution < 1.29 is 13.6 Å². The number of alkyl halides is 2. The number of nitrogens with one attached hydrogen (secondary N) is 2. The molecular formula is C14H19ClF2N2O. The van der Waals surface area contributed by atoms with Gasteiger partial charge in [-0.2, -0.15) is 0 Å². The van der Waals surface area contributed by atoms with Crippen LogP contribution in [0.4, 0.5) is 19.3 Å². The van der Waals surface area contributed by atoms with Crippen molar-refractivity contribution in [2.75, 3.05) is 11.9 Å². The van der Waals surface area contributed by atoms with Gasteiger partial charge in [0.05, 0.1) is 10.7 Å². The summed E-state index contributed by atoms with van der Waals surface area (Å²) in [5, 5.41) is 5.75. The number of halogens is 3. The second-order valence-corrected chi connectivity index (χ2v) is 5.15. The number of hydrogen-bond donors (Lipinski definition) is 2. The minimum Gasteiger partial charge on any atom is -0.338 e. The molecule has 0 aliphatic rings. The molecule has 1 aromatic rings. The van der Waals surface area contributed by atoms with Crippen LogP contribution in [0.5, 0.6) is 0 Å². The van der Waals surface area contributed by atoms with E-state index in [9.17, 15) is 13.6 Å². The molecular weight excluding hydrogens is 286 g/mol. The largest absolute Gasteiger partial charge is 0.338 e. The number of anilines is 1. The Morgan fingerprint density at radius 2 is 1.95 bits per heavy atom. The third-order valence-electron chi connectivity index (χ3n) is 2.70. The minimum atomic E-state index is -2.60. The maximum absolute atomic E-state index is 12.5. The van der Waals surface area contributed by atoms with E-state index in [2.05, 4.69) is 10.6 Å². The highest BCUT2D eigenvalue weighted by Crippen LogP contribution is 2.21. The van der Waals surface area contributed by atoms with Gasteiger partial charge in [-0.05, 0) is 31.9 Å². The number of amides is 2. The Morgan fingerprint density at radius 3 is 2.60 bits per heavy atom. The maximum Gasteiger partial charge on any atom is 0.319 e. The summed E-state index contributed by atoms with van der Waals surface area (Å²) in [6, 6.07) is 6.58. The second-order valence-electron chi connectivity index (χ2n) is 4.74. The lowest BCUT2D eigenvalue weighted by molar-refractivity contribution is 0.0104. The van der Waals surface area contributed by atoms with Crippen LogP contribution in [0.3, 0.4) is 0 Å². The standard InChI is InChI=1S/C14H19ClF2N2O/c1-14(16,17)9-5-2-6-10-18-13(20)19-12-8-4-3-7-11(12)15/h3-4,7-8H,2,5-6,9-10H2,1H3,(H2,18,19,20). The van der Waals surface area contributed by atoms with Gasteiger partial charge >= 0.3 is 6.03 Å². The molecule has 3 nitrogen and oxygen atoms in total. The molecule has 0 spiro atoms. The van der Waals surface area contributed by atoms with Crippen LogP contribution in [-0.2, 0) is 0 Å². The molecule has 0 heterocycles. The lowest BCUT2D eigenvalue weighted by Gasteiger charge is -2.10. The summed E-state index contributed by atoms with van der Waals surface area (Å²) in [5.74, 6) is -2.60. The van der Waals surface area contributed by atoms with E-state index >= 15 is 0 Å². The number of benzene rings is 1. The molecule has 2 N–H and O–H groups in total. The Balaban J connectivity index is 2.14. The van der Waals surface area contributed by atoms with Gasteiger partial charge in [0, 0.05) is 13.0 Å². The number of carbonyl (C=O) groups is 1. The van der Waals surface area contributed by atoms with Gasteiger partial charge < -0.3 is 10.6 Å². The van der Waals surface area contributed by atoms with E-state index in [0.717, 1.165) is 6.92 Å². The molecule has 6 heteroatoms. The van der Waals surface area contributed by atoms with Gasteiger partial charge in [0.15, 0.2) is 0 Å². The van der Waals surface area contributed by atoms with Crippen molar-refractivity contribution in [3.63, 3.8) is 0 Å². The fourth-order valence-electron chi connectivity index (χ4n) is 1.67. The Kier molecular flexibility index (Phi) is 6.71. The van der Waals surface area contributed by atoms with Gasteiger partial charge in [0.1, 0.15) is 0 Å². The van der Waals surface area contributed by atoms with Crippen molar-refractivity contribution in [2.45, 2.75) is 38.5 Å². The Morgan fingerprint density at radius 1 is 1.25 bits per heavy atom. The van der Waals surface area contributed by atoms with Crippen LogP contribution in [0, 0.1) is 0 Å². The van der Waals surface area contributed by atoms with Gasteiger partial charge in [-0.15, -0.1) is 0 Å². The lowest BCUT2D eigenvalue weighted by Crippen LogP contribution is -2.29. The molecule has 0 bridgehead atoms. The fourth-order valence-corrected chi connectivity index (χ4v) is 1.85. The van der Waals surface area contributed by atoms with Crippen LogP contribution in [0.15, 0.2) is 24.3 Å². The van der Waals surface area contributed by atoms with E-state index in [1.807, 2.05) is 0 Å². The zero-order valence-corrected chi connectivity index (χ0v) is 12.1. The maximum atomic E-state index is 12.5. The van der Waals surface area contributed by atoms with Crippen molar-refractivity contribution in [3.05, 3.63) is 29.3 Å². The molecule has 1 aromatic carbocycles. The van der Waals surface area contributed by atoms with Crippen LogP contribution in [-0.4, -0.2) is 18.5 Å². The third-order valence-corrected chi connectivity index (χ3v) is 3.03. The summed E-state index contributed by atoms with van der Waals surface area (Å²) >= 11 is 5.90. The summed E-state index contributed by atoms with van der Waals surface area (Å²) in [4.78, 5) is 11.6. The Labute approximate surface area is 122 Å². The molecule has 0 aromatic heterocycles. The first-order chi connectivity index (χ1) is 9.38. The van der Waals surface area contributed by atoms with E-state index in [4.69, 9.17) is 11.6 Å². The molecule has 0 fully saturated rings.